The van der Waals surface area contributed by atoms with E-state index in [1.165, 1.54) is 19.3 Å². The van der Waals surface area contributed by atoms with E-state index in [0.717, 1.165) is 11.3 Å². The monoisotopic (exact) mass is 323 g/mol. The highest BCUT2D eigenvalue weighted by atomic mass is 16.1. The molecule has 2 N–H and O–H groups in total. The maximum absolute atomic E-state index is 12.3. The van der Waals surface area contributed by atoms with Crippen LogP contribution in [0, 0.1) is 0 Å². The molecule has 0 aliphatic heterocycles. The Balaban J connectivity index is 1.39. The molecular formula is C16H17N7O. The molecule has 122 valence electrons. The summed E-state index contributed by atoms with van der Waals surface area (Å²) in [5.41, 5.74) is 2.71. The number of rotatable bonds is 5. The minimum atomic E-state index is -0.171. The van der Waals surface area contributed by atoms with Crippen molar-refractivity contribution in [1.82, 2.24) is 30.4 Å². The van der Waals surface area contributed by atoms with Crippen molar-refractivity contribution in [3.8, 4) is 0 Å². The molecule has 0 unspecified atom stereocenters. The van der Waals surface area contributed by atoms with Crippen LogP contribution in [0.25, 0.3) is 0 Å². The minimum Gasteiger partial charge on any atom is -0.305 e. The number of nitrogens with zero attached hydrogens (tertiary/aromatic N) is 5. The van der Waals surface area contributed by atoms with Gasteiger partial charge in [-0.05, 0) is 41.0 Å². The van der Waals surface area contributed by atoms with Gasteiger partial charge in [-0.2, -0.15) is 5.10 Å². The highest BCUT2D eigenvalue weighted by Gasteiger charge is 2.21. The van der Waals surface area contributed by atoms with Gasteiger partial charge < -0.3 is 5.32 Å². The molecule has 3 aromatic rings. The van der Waals surface area contributed by atoms with Crippen LogP contribution in [0.2, 0.25) is 0 Å². The van der Waals surface area contributed by atoms with Crippen molar-refractivity contribution < 1.29 is 4.79 Å². The van der Waals surface area contributed by atoms with Gasteiger partial charge in [0.05, 0.1) is 6.54 Å². The van der Waals surface area contributed by atoms with Crippen molar-refractivity contribution in [2.75, 3.05) is 5.32 Å². The average Bonchev–Trinajstić information content (AvgIpc) is 3.19. The predicted octanol–water partition coefficient (Wildman–Crippen LogP) is 1.96. The first kappa shape index (κ1) is 14.6. The molecule has 0 radical (unpaired) electrons. The average molecular weight is 323 g/mol. The standard InChI is InChI=1S/C16H17N7O/c24-16(18-15-8-14(19-20-15)12-2-1-3-12)13-6-4-11(5-7-13)9-23-10-17-21-22-23/h4-8,10,12H,1-3,9H2,(H2,18,19,20,24). The van der Waals surface area contributed by atoms with Gasteiger partial charge in [0.15, 0.2) is 5.82 Å². The largest absolute Gasteiger partial charge is 0.305 e. The third-order valence-electron chi connectivity index (χ3n) is 4.34. The van der Waals surface area contributed by atoms with Gasteiger partial charge in [0.25, 0.3) is 5.91 Å². The molecule has 8 heteroatoms. The number of H-pyrrole nitrogens is 1. The summed E-state index contributed by atoms with van der Waals surface area (Å²) in [6, 6.07) is 9.28. The molecule has 1 aliphatic rings. The summed E-state index contributed by atoms with van der Waals surface area (Å²) in [5.74, 6) is 0.962. The summed E-state index contributed by atoms with van der Waals surface area (Å²) in [6.45, 7) is 0.568. The van der Waals surface area contributed by atoms with Gasteiger partial charge in [-0.25, -0.2) is 4.68 Å². The molecule has 1 amide bonds. The van der Waals surface area contributed by atoms with Crippen molar-refractivity contribution in [3.05, 3.63) is 53.5 Å². The van der Waals surface area contributed by atoms with E-state index in [2.05, 4.69) is 31.0 Å². The molecule has 2 heterocycles. The fourth-order valence-corrected chi connectivity index (χ4v) is 2.72. The van der Waals surface area contributed by atoms with Crippen molar-refractivity contribution >= 4 is 11.7 Å². The Hall–Kier alpha value is -3.03. The minimum absolute atomic E-state index is 0.171. The van der Waals surface area contributed by atoms with Crippen LogP contribution in [-0.4, -0.2) is 36.3 Å². The number of aromatic nitrogens is 6. The van der Waals surface area contributed by atoms with Crippen molar-refractivity contribution in [2.24, 2.45) is 0 Å². The van der Waals surface area contributed by atoms with E-state index in [1.54, 1.807) is 23.1 Å². The predicted molar refractivity (Wildman–Crippen MR) is 86.5 cm³/mol. The van der Waals surface area contributed by atoms with Crippen molar-refractivity contribution in [3.63, 3.8) is 0 Å². The number of nitrogens with one attached hydrogen (secondary N) is 2. The molecule has 24 heavy (non-hydrogen) atoms. The third kappa shape index (κ3) is 3.03. The quantitative estimate of drug-likeness (QED) is 0.747. The van der Waals surface area contributed by atoms with Gasteiger partial charge in [-0.1, -0.05) is 18.6 Å². The van der Waals surface area contributed by atoms with E-state index in [1.807, 2.05) is 18.2 Å². The summed E-state index contributed by atoms with van der Waals surface area (Å²) in [7, 11) is 0. The molecule has 0 saturated heterocycles. The van der Waals surface area contributed by atoms with Gasteiger partial charge in [0.1, 0.15) is 6.33 Å². The number of hydrogen-bond donors (Lipinski definition) is 2. The normalized spacial score (nSPS) is 14.3. The Morgan fingerprint density at radius 3 is 2.79 bits per heavy atom. The van der Waals surface area contributed by atoms with E-state index in [4.69, 9.17) is 0 Å². The zero-order chi connectivity index (χ0) is 16.4. The molecule has 2 aromatic heterocycles. The Kier molecular flexibility index (Phi) is 3.78. The molecular weight excluding hydrogens is 306 g/mol. The lowest BCUT2D eigenvalue weighted by Crippen LogP contribution is -2.12. The third-order valence-corrected chi connectivity index (χ3v) is 4.34. The van der Waals surface area contributed by atoms with Crippen molar-refractivity contribution in [1.29, 1.82) is 0 Å². The fraction of sp³-hybridized carbons (Fsp3) is 0.312. The zero-order valence-electron chi connectivity index (χ0n) is 13.0. The van der Waals surface area contributed by atoms with Gasteiger partial charge in [0.2, 0.25) is 0 Å². The van der Waals surface area contributed by atoms with Crippen LogP contribution in [0.15, 0.2) is 36.7 Å². The number of amides is 1. The first-order valence-corrected chi connectivity index (χ1v) is 7.94. The maximum atomic E-state index is 12.3. The smallest absolute Gasteiger partial charge is 0.256 e. The molecule has 4 rings (SSSR count). The summed E-state index contributed by atoms with van der Waals surface area (Å²) >= 11 is 0. The Morgan fingerprint density at radius 2 is 2.12 bits per heavy atom. The first-order valence-electron chi connectivity index (χ1n) is 7.94. The van der Waals surface area contributed by atoms with Crippen molar-refractivity contribution in [2.45, 2.75) is 31.7 Å². The molecule has 0 atom stereocenters. The summed E-state index contributed by atoms with van der Waals surface area (Å²) < 4.78 is 1.63. The number of anilines is 1. The molecule has 1 saturated carbocycles. The Morgan fingerprint density at radius 1 is 1.29 bits per heavy atom. The van der Waals surface area contributed by atoms with Crippen LogP contribution in [0.4, 0.5) is 5.82 Å². The highest BCUT2D eigenvalue weighted by Crippen LogP contribution is 2.35. The second-order valence-electron chi connectivity index (χ2n) is 5.99. The Labute approximate surface area is 138 Å². The van der Waals surface area contributed by atoms with E-state index in [-0.39, 0.29) is 5.91 Å². The van der Waals surface area contributed by atoms with Crippen LogP contribution in [0.5, 0.6) is 0 Å². The van der Waals surface area contributed by atoms with Gasteiger partial charge >= 0.3 is 0 Å². The van der Waals surface area contributed by atoms with Gasteiger partial charge in [-0.3, -0.25) is 9.89 Å². The summed E-state index contributed by atoms with van der Waals surface area (Å²) in [6.07, 6.45) is 5.21. The molecule has 0 spiro atoms. The van der Waals surface area contributed by atoms with E-state index < -0.39 is 0 Å². The van der Waals surface area contributed by atoms with Gasteiger partial charge in [-0.15, -0.1) is 5.10 Å². The second kappa shape index (κ2) is 6.23. The molecule has 1 fully saturated rings. The molecule has 1 aromatic carbocycles. The van der Waals surface area contributed by atoms with Crippen LogP contribution in [0.3, 0.4) is 0 Å². The lowest BCUT2D eigenvalue weighted by Gasteiger charge is -2.23. The highest BCUT2D eigenvalue weighted by molar-refractivity contribution is 6.03. The SMILES string of the molecule is O=C(Nc1cc(C2CCC2)[nH]n1)c1ccc(Cn2cnnn2)cc1. The number of carbonyl (C=O) groups excluding carboxylic acids is 1. The fourth-order valence-electron chi connectivity index (χ4n) is 2.72. The number of aromatic amines is 1. The Bertz CT molecular complexity index is 819. The molecule has 0 bridgehead atoms. The topological polar surface area (TPSA) is 101 Å². The van der Waals surface area contributed by atoms with Gasteiger partial charge in [0, 0.05) is 23.2 Å². The van der Waals surface area contributed by atoms with Crippen LogP contribution >= 0.6 is 0 Å². The van der Waals surface area contributed by atoms with Crippen LogP contribution in [0.1, 0.15) is 46.8 Å². The maximum Gasteiger partial charge on any atom is 0.256 e. The van der Waals surface area contributed by atoms with E-state index in [9.17, 15) is 4.79 Å². The lowest BCUT2D eigenvalue weighted by atomic mass is 9.83. The van der Waals surface area contributed by atoms with E-state index >= 15 is 0 Å². The number of hydrogen-bond acceptors (Lipinski definition) is 5. The first-order chi connectivity index (χ1) is 11.8. The second-order valence-corrected chi connectivity index (χ2v) is 5.99. The van der Waals surface area contributed by atoms with E-state index in [0.29, 0.717) is 23.8 Å². The number of carbonyl (C=O) groups is 1. The summed E-state index contributed by atoms with van der Waals surface area (Å²) in [4.78, 5) is 12.3. The lowest BCUT2D eigenvalue weighted by molar-refractivity contribution is 0.102. The van der Waals surface area contributed by atoms with Crippen LogP contribution < -0.4 is 5.32 Å². The zero-order valence-corrected chi connectivity index (χ0v) is 13.0. The molecule has 1 aliphatic carbocycles. The summed E-state index contributed by atoms with van der Waals surface area (Å²) in [5, 5.41) is 21.0. The van der Waals surface area contributed by atoms with Crippen LogP contribution in [-0.2, 0) is 6.54 Å². The number of benzene rings is 1. The number of tetrazole rings is 1. The molecule has 8 nitrogen and oxygen atoms in total.